The molecule has 128 valence electrons. The van der Waals surface area contributed by atoms with Crippen LogP contribution in [0.5, 0.6) is 0 Å². The van der Waals surface area contributed by atoms with Crippen LogP contribution in [0.1, 0.15) is 46.2 Å². The summed E-state index contributed by atoms with van der Waals surface area (Å²) >= 11 is 1.52. The Labute approximate surface area is 145 Å². The van der Waals surface area contributed by atoms with Crippen LogP contribution >= 0.6 is 11.3 Å². The third-order valence-electron chi connectivity index (χ3n) is 4.29. The molecule has 24 heavy (non-hydrogen) atoms. The van der Waals surface area contributed by atoms with Crippen LogP contribution in [-0.4, -0.2) is 47.8 Å². The molecule has 1 aliphatic rings. The maximum atomic E-state index is 12.8. The molecule has 0 spiro atoms. The van der Waals surface area contributed by atoms with Crippen molar-refractivity contribution >= 4 is 23.2 Å². The van der Waals surface area contributed by atoms with E-state index in [-0.39, 0.29) is 11.8 Å². The summed E-state index contributed by atoms with van der Waals surface area (Å²) in [6, 6.07) is 3.61. The standard InChI is InChI=1S/C18H22N2O3S/c1-2-4-16-15(5-11-23-16)18(22)20-8-3-7-19(9-10-20)17(21)14-6-12-24-13-14/h5-6,11-13H,2-4,7-10H2,1H3. The van der Waals surface area contributed by atoms with Gasteiger partial charge in [0.05, 0.1) is 17.4 Å². The van der Waals surface area contributed by atoms with Crippen molar-refractivity contribution in [1.82, 2.24) is 9.80 Å². The van der Waals surface area contributed by atoms with E-state index in [9.17, 15) is 9.59 Å². The molecule has 2 aromatic heterocycles. The normalized spacial score (nSPS) is 15.4. The molecule has 0 unspecified atom stereocenters. The smallest absolute Gasteiger partial charge is 0.257 e. The third-order valence-corrected chi connectivity index (χ3v) is 4.97. The highest BCUT2D eigenvalue weighted by atomic mass is 32.1. The second kappa shape index (κ2) is 7.66. The summed E-state index contributed by atoms with van der Waals surface area (Å²) in [7, 11) is 0. The monoisotopic (exact) mass is 346 g/mol. The number of carbonyl (C=O) groups excluding carboxylic acids is 2. The molecule has 1 saturated heterocycles. The zero-order valence-corrected chi connectivity index (χ0v) is 14.7. The maximum Gasteiger partial charge on any atom is 0.257 e. The fourth-order valence-corrected chi connectivity index (χ4v) is 3.64. The van der Waals surface area contributed by atoms with E-state index in [2.05, 4.69) is 6.92 Å². The molecule has 0 atom stereocenters. The lowest BCUT2D eigenvalue weighted by Crippen LogP contribution is -2.37. The van der Waals surface area contributed by atoms with Crippen molar-refractivity contribution < 1.29 is 14.0 Å². The van der Waals surface area contributed by atoms with Crippen molar-refractivity contribution in [1.29, 1.82) is 0 Å². The van der Waals surface area contributed by atoms with Crippen LogP contribution in [0.3, 0.4) is 0 Å². The quantitative estimate of drug-likeness (QED) is 0.854. The number of nitrogens with zero attached hydrogens (tertiary/aromatic N) is 2. The molecule has 2 amide bonds. The molecule has 0 aromatic carbocycles. The SMILES string of the molecule is CCCc1occc1C(=O)N1CCCN(C(=O)c2ccsc2)CC1. The van der Waals surface area contributed by atoms with Crippen molar-refractivity contribution in [2.24, 2.45) is 0 Å². The van der Waals surface area contributed by atoms with Crippen LogP contribution in [0, 0.1) is 0 Å². The van der Waals surface area contributed by atoms with Crippen molar-refractivity contribution in [2.75, 3.05) is 26.2 Å². The van der Waals surface area contributed by atoms with E-state index < -0.39 is 0 Å². The predicted molar refractivity (Wildman–Crippen MR) is 93.4 cm³/mol. The second-order valence-corrected chi connectivity index (χ2v) is 6.74. The summed E-state index contributed by atoms with van der Waals surface area (Å²) in [6.07, 6.45) is 4.09. The number of rotatable bonds is 4. The molecular formula is C18H22N2O3S. The van der Waals surface area contributed by atoms with Gasteiger partial charge < -0.3 is 14.2 Å². The van der Waals surface area contributed by atoms with E-state index in [1.807, 2.05) is 26.6 Å². The van der Waals surface area contributed by atoms with E-state index in [1.54, 1.807) is 12.3 Å². The lowest BCUT2D eigenvalue weighted by Gasteiger charge is -2.22. The Hall–Kier alpha value is -2.08. The molecule has 1 aliphatic heterocycles. The number of furan rings is 1. The zero-order chi connectivity index (χ0) is 16.9. The summed E-state index contributed by atoms with van der Waals surface area (Å²) in [6.45, 7) is 4.55. The van der Waals surface area contributed by atoms with Gasteiger partial charge in [0, 0.05) is 38.0 Å². The molecule has 0 N–H and O–H groups in total. The van der Waals surface area contributed by atoms with E-state index in [0.29, 0.717) is 31.7 Å². The van der Waals surface area contributed by atoms with Crippen molar-refractivity contribution in [2.45, 2.75) is 26.2 Å². The number of carbonyl (C=O) groups is 2. The number of thiophene rings is 1. The first kappa shape index (κ1) is 16.8. The van der Waals surface area contributed by atoms with Gasteiger partial charge >= 0.3 is 0 Å². The van der Waals surface area contributed by atoms with E-state index in [0.717, 1.165) is 30.6 Å². The molecule has 0 bridgehead atoms. The molecule has 3 heterocycles. The summed E-state index contributed by atoms with van der Waals surface area (Å²) in [5.41, 5.74) is 1.40. The van der Waals surface area contributed by atoms with E-state index in [1.165, 1.54) is 11.3 Å². The molecule has 3 rings (SSSR count). The molecule has 0 aliphatic carbocycles. The number of hydrogen-bond donors (Lipinski definition) is 0. The van der Waals surface area contributed by atoms with Gasteiger partial charge in [0.2, 0.25) is 0 Å². The van der Waals surface area contributed by atoms with Crippen molar-refractivity contribution in [3.05, 3.63) is 46.0 Å². The van der Waals surface area contributed by atoms with E-state index >= 15 is 0 Å². The first-order chi connectivity index (χ1) is 11.7. The van der Waals surface area contributed by atoms with Crippen LogP contribution in [0.4, 0.5) is 0 Å². The Bertz CT molecular complexity index is 693. The topological polar surface area (TPSA) is 53.8 Å². The summed E-state index contributed by atoms with van der Waals surface area (Å²) in [4.78, 5) is 28.9. The molecule has 0 radical (unpaired) electrons. The highest BCUT2D eigenvalue weighted by molar-refractivity contribution is 7.08. The van der Waals surface area contributed by atoms with Crippen LogP contribution in [0.2, 0.25) is 0 Å². The molecular weight excluding hydrogens is 324 g/mol. The van der Waals surface area contributed by atoms with Crippen LogP contribution < -0.4 is 0 Å². The highest BCUT2D eigenvalue weighted by Gasteiger charge is 2.25. The molecule has 6 heteroatoms. The molecule has 2 aromatic rings. The molecule has 1 fully saturated rings. The fourth-order valence-electron chi connectivity index (χ4n) is 3.01. The second-order valence-electron chi connectivity index (χ2n) is 5.96. The van der Waals surface area contributed by atoms with Gasteiger partial charge in [-0.2, -0.15) is 11.3 Å². The van der Waals surface area contributed by atoms with Crippen LogP contribution in [0.25, 0.3) is 0 Å². The average molecular weight is 346 g/mol. The zero-order valence-electron chi connectivity index (χ0n) is 13.9. The lowest BCUT2D eigenvalue weighted by atomic mass is 10.1. The Morgan fingerprint density at radius 1 is 1.12 bits per heavy atom. The fraction of sp³-hybridized carbons (Fsp3) is 0.444. The lowest BCUT2D eigenvalue weighted by molar-refractivity contribution is 0.0717. The average Bonchev–Trinajstić information content (AvgIpc) is 3.21. The van der Waals surface area contributed by atoms with Crippen LogP contribution in [-0.2, 0) is 6.42 Å². The summed E-state index contributed by atoms with van der Waals surface area (Å²) in [5, 5.41) is 3.79. The minimum Gasteiger partial charge on any atom is -0.469 e. The predicted octanol–water partition coefficient (Wildman–Crippen LogP) is 3.28. The third kappa shape index (κ3) is 3.53. The van der Waals surface area contributed by atoms with Gasteiger partial charge in [-0.3, -0.25) is 9.59 Å². The van der Waals surface area contributed by atoms with Gasteiger partial charge in [-0.25, -0.2) is 0 Å². The van der Waals surface area contributed by atoms with Gasteiger partial charge in [-0.05, 0) is 30.4 Å². The Morgan fingerprint density at radius 2 is 1.88 bits per heavy atom. The molecule has 0 saturated carbocycles. The highest BCUT2D eigenvalue weighted by Crippen LogP contribution is 2.18. The van der Waals surface area contributed by atoms with Gasteiger partial charge in [0.1, 0.15) is 5.76 Å². The van der Waals surface area contributed by atoms with Crippen molar-refractivity contribution in [3.8, 4) is 0 Å². The first-order valence-electron chi connectivity index (χ1n) is 8.37. The largest absolute Gasteiger partial charge is 0.469 e. The Morgan fingerprint density at radius 3 is 2.54 bits per heavy atom. The van der Waals surface area contributed by atoms with Gasteiger partial charge in [-0.1, -0.05) is 6.92 Å². The minimum absolute atomic E-state index is 0.0111. The van der Waals surface area contributed by atoms with E-state index in [4.69, 9.17) is 4.42 Å². The van der Waals surface area contributed by atoms with Gasteiger partial charge in [0.15, 0.2) is 0 Å². The van der Waals surface area contributed by atoms with Crippen LogP contribution in [0.15, 0.2) is 33.6 Å². The maximum absolute atomic E-state index is 12.8. The molecule has 5 nitrogen and oxygen atoms in total. The minimum atomic E-state index is 0.0111. The van der Waals surface area contributed by atoms with Crippen molar-refractivity contribution in [3.63, 3.8) is 0 Å². The Kier molecular flexibility index (Phi) is 5.35. The number of aryl methyl sites for hydroxylation is 1. The Balaban J connectivity index is 1.66. The summed E-state index contributed by atoms with van der Waals surface area (Å²) < 4.78 is 5.45. The first-order valence-corrected chi connectivity index (χ1v) is 9.32. The summed E-state index contributed by atoms with van der Waals surface area (Å²) in [5.74, 6) is 0.829. The van der Waals surface area contributed by atoms with Gasteiger partial charge in [0.25, 0.3) is 11.8 Å². The number of amides is 2. The van der Waals surface area contributed by atoms with Gasteiger partial charge in [-0.15, -0.1) is 0 Å². The number of hydrogen-bond acceptors (Lipinski definition) is 4.